The Morgan fingerprint density at radius 3 is 1.28 bits per heavy atom. The number of carbonyl (C=O) groups is 3. The summed E-state index contributed by atoms with van der Waals surface area (Å²) in [7, 11) is 4.40. The second-order valence-corrected chi connectivity index (χ2v) is 6.08. The molecule has 3 heterocycles. The topological polar surface area (TPSA) is 272 Å². The molecule has 0 fully saturated rings. The van der Waals surface area contributed by atoms with Gasteiger partial charge in [-0.3, -0.25) is 0 Å². The monoisotopic (exact) mass is 645 g/mol. The average Bonchev–Trinajstić information content (AvgIpc) is 3.14. The van der Waals surface area contributed by atoms with Crippen molar-refractivity contribution in [3.05, 3.63) is 69.8 Å². The minimum absolute atomic E-state index is 0. The van der Waals surface area contributed by atoms with Gasteiger partial charge in [-0.05, 0) is 41.3 Å². The van der Waals surface area contributed by atoms with Gasteiger partial charge in [0.05, 0.1) is 48.4 Å². The molecule has 0 aromatic carbocycles. The molecule has 43 heavy (non-hydrogen) atoms. The van der Waals surface area contributed by atoms with Gasteiger partial charge in [0.15, 0.2) is 0 Å². The molecular formula is C25H38N6Na2O10. The quantitative estimate of drug-likeness (QED) is 0.198. The molecule has 0 aliphatic rings. The summed E-state index contributed by atoms with van der Waals surface area (Å²) in [6.07, 6.45) is 2.97. The van der Waals surface area contributed by atoms with Gasteiger partial charge in [-0.2, -0.15) is 7.11 Å². The minimum Gasteiger partial charge on any atom is -0.870 e. The number of aryl methyl sites for hydroxylation is 6. The first-order valence-electron chi connectivity index (χ1n) is 18.0. The van der Waals surface area contributed by atoms with Crippen molar-refractivity contribution >= 4 is 17.9 Å². The molecule has 0 saturated carbocycles. The Kier molecular flexibility index (Phi) is 16.4. The van der Waals surface area contributed by atoms with Crippen molar-refractivity contribution < 1.29 is 127 Å². The van der Waals surface area contributed by atoms with Gasteiger partial charge in [0, 0.05) is 23.6 Å². The number of rotatable bonds is 3. The normalized spacial score (nSPS) is 14.6. The fourth-order valence-electron chi connectivity index (χ4n) is 2.25. The molecule has 3 rings (SSSR count). The van der Waals surface area contributed by atoms with Gasteiger partial charge >= 0.3 is 77.0 Å². The molecule has 0 unspecified atom stereocenters. The average molecular weight is 646 g/mol. The van der Waals surface area contributed by atoms with Gasteiger partial charge in [0.2, 0.25) is 4.29 Å². The number of esters is 2. The summed E-state index contributed by atoms with van der Waals surface area (Å²) < 4.78 is 123. The van der Waals surface area contributed by atoms with Crippen molar-refractivity contribution in [3.63, 3.8) is 0 Å². The maximum Gasteiger partial charge on any atom is 1.00 e. The number of carboxylic acid groups (broad SMARTS) is 1. The van der Waals surface area contributed by atoms with E-state index in [-0.39, 0.29) is 65.1 Å². The van der Waals surface area contributed by atoms with Crippen LogP contribution in [0.15, 0.2) is 19.0 Å². The van der Waals surface area contributed by atoms with Crippen molar-refractivity contribution in [2.75, 3.05) is 28.4 Å². The van der Waals surface area contributed by atoms with Crippen molar-refractivity contribution in [2.45, 2.75) is 41.3 Å². The first kappa shape index (κ1) is 23.8. The number of aromatic nitrogens is 6. The Bertz CT molecular complexity index is 1520. The molecule has 0 bridgehead atoms. The minimum atomic E-state index is -2.81. The molecule has 0 aliphatic heterocycles. The van der Waals surface area contributed by atoms with E-state index in [1.165, 1.54) is 20.5 Å². The van der Waals surface area contributed by atoms with Crippen molar-refractivity contribution in [2.24, 2.45) is 0 Å². The second kappa shape index (κ2) is 29.6. The van der Waals surface area contributed by atoms with Gasteiger partial charge in [-0.25, -0.2) is 44.3 Å². The van der Waals surface area contributed by atoms with Crippen LogP contribution in [-0.4, -0.2) is 102 Å². The number of carboxylic acids is 1. The van der Waals surface area contributed by atoms with Crippen molar-refractivity contribution in [3.8, 4) is 0 Å². The fourth-order valence-corrected chi connectivity index (χ4v) is 2.25. The predicted molar refractivity (Wildman–Crippen MR) is 144 cm³/mol. The summed E-state index contributed by atoms with van der Waals surface area (Å²) in [4.78, 5) is 55.6. The number of aliphatic hydroxyl groups is 1. The molecule has 3 aromatic heterocycles. The van der Waals surface area contributed by atoms with E-state index in [1.807, 2.05) is 0 Å². The smallest absolute Gasteiger partial charge is 0.870 e. The summed E-state index contributed by atoms with van der Waals surface area (Å²) in [5.41, 5.74) is 7.81. The van der Waals surface area contributed by atoms with Gasteiger partial charge in [-0.15, -0.1) is 1.43 Å². The van der Waals surface area contributed by atoms with E-state index in [2.05, 4.69) is 56.5 Å². The molecule has 230 valence electrons. The van der Waals surface area contributed by atoms with Crippen LogP contribution in [0.25, 0.3) is 1.43 Å². The molecule has 0 atom stereocenters. The third-order valence-electron chi connectivity index (χ3n) is 3.90. The standard InChI is InChI=1S/2C8H10N2O2.C7H8N2O2.CH4O.CH3O.2Na.2H2O/c2*1-5-7(8(11)12-3)6(2)10-4-9-5;1-4-6(7(10)11)5(2)9-3-8-4;2*1-2;;;;/h2*4H,1-3H3;3H,1-2H3,(H,10,11);2H,1H3;1H3;;;2*1H2/q;;;;-1;2*+1;;/p-1/i1D3,2D3;;1D3,2D3;2D;;;;;/hD4. The zero-order valence-corrected chi connectivity index (χ0v) is 28.5. The SMILES string of the molecule is COC(=O)c1c(C)ncnc1C.C[O-].[2H]C([2H])([2H])c1ncnc(C([2H])([2H])[2H])c1C(=O)OC.[2H]OC.[2H]OC(=O)c1c(C([2H])([2H])[2H])ncnc1C([2H])([2H])[2H].[2H]O[2H].[2H][O-].[Na+].[Na+]. The van der Waals surface area contributed by atoms with Crippen LogP contribution in [0.2, 0.25) is 0 Å². The first-order chi connectivity index (χ1) is 26.7. The number of methoxy groups -OCH3 is 2. The molecule has 0 radical (unpaired) electrons. The number of hydrogen-bond donors (Lipinski definition) is 2. The molecule has 0 spiro atoms. The van der Waals surface area contributed by atoms with E-state index in [0.717, 1.165) is 26.9 Å². The Morgan fingerprint density at radius 1 is 0.767 bits per heavy atom. The number of aromatic carboxylic acids is 1. The van der Waals surface area contributed by atoms with Gasteiger partial charge in [-0.1, -0.05) is 0 Å². The molecule has 3 aromatic rings. The molecule has 5 N–H and O–H groups in total. The molecule has 0 aliphatic carbocycles. The van der Waals surface area contributed by atoms with Crippen LogP contribution in [0.5, 0.6) is 0 Å². The van der Waals surface area contributed by atoms with Crippen LogP contribution in [0.4, 0.5) is 0 Å². The van der Waals surface area contributed by atoms with E-state index >= 15 is 0 Å². The van der Waals surface area contributed by atoms with Crippen LogP contribution in [0.1, 0.15) is 83.1 Å². The number of ether oxygens (including phenoxy) is 2. The number of hydrogen-bond acceptors (Lipinski definition) is 15. The fraction of sp³-hybridized carbons (Fsp3) is 0.400. The van der Waals surface area contributed by atoms with Crippen molar-refractivity contribution in [1.29, 1.82) is 5.72 Å². The molecular weight excluding hydrogens is 590 g/mol. The molecule has 0 saturated heterocycles. The van der Waals surface area contributed by atoms with E-state index in [9.17, 15) is 14.4 Å². The van der Waals surface area contributed by atoms with Gasteiger partial charge in [0.1, 0.15) is 35.7 Å². The zero-order chi connectivity index (χ0) is 46.8. The van der Waals surface area contributed by atoms with Gasteiger partial charge in [0.25, 0.3) is 1.43 Å². The van der Waals surface area contributed by atoms with Gasteiger partial charge < -0.3 is 35.8 Å². The van der Waals surface area contributed by atoms with Crippen LogP contribution in [0, 0.1) is 41.3 Å². The zero-order valence-electron chi connectivity index (χ0n) is 41.5. The Labute approximate surface area is 319 Å². The van der Waals surface area contributed by atoms with Crippen molar-refractivity contribution in [1.82, 2.24) is 29.9 Å². The number of aliphatic hydroxyl groups excluding tert-OH is 1. The summed E-state index contributed by atoms with van der Waals surface area (Å²) >= 11 is 0. The molecule has 16 nitrogen and oxygen atoms in total. The van der Waals surface area contributed by atoms with Crippen LogP contribution in [0.3, 0.4) is 0 Å². The van der Waals surface area contributed by atoms with E-state index in [4.69, 9.17) is 32.8 Å². The summed E-state index contributed by atoms with van der Waals surface area (Å²) in [5, 5.41) is 15.4. The maximum absolute atomic E-state index is 11.5. The van der Waals surface area contributed by atoms with E-state index < -0.39 is 73.2 Å². The summed E-state index contributed by atoms with van der Waals surface area (Å²) in [5.74, 6) is -2.90. The van der Waals surface area contributed by atoms with Crippen LogP contribution in [-0.2, 0) is 9.47 Å². The Morgan fingerprint density at radius 2 is 1.02 bits per heavy atom. The van der Waals surface area contributed by atoms with Crippen LogP contribution >= 0.6 is 0 Å². The summed E-state index contributed by atoms with van der Waals surface area (Å²) in [6, 6.07) is 0. The number of carbonyl (C=O) groups excluding carboxylic acids is 2. The first-order valence-corrected chi connectivity index (χ1v) is 10.00. The molecule has 18 heteroatoms. The third-order valence-corrected chi connectivity index (χ3v) is 3.90. The van der Waals surface area contributed by atoms with E-state index in [0.29, 0.717) is 17.0 Å². The van der Waals surface area contributed by atoms with E-state index in [1.54, 1.807) is 13.8 Å². The number of nitrogens with zero attached hydrogens (tertiary/aromatic N) is 6. The van der Waals surface area contributed by atoms with Crippen LogP contribution < -0.4 is 64.2 Å². The third kappa shape index (κ3) is 18.0. The maximum atomic E-state index is 11.5. The Hall–Kier alpha value is -2.51. The predicted octanol–water partition coefficient (Wildman–Crippen LogP) is -5.86. The molecule has 0 amide bonds. The largest absolute Gasteiger partial charge is 1.00 e. The summed E-state index contributed by atoms with van der Waals surface area (Å²) in [6.45, 7) is -7.58. The Balaban J connectivity index is -0.000000164. The second-order valence-electron chi connectivity index (χ2n) is 6.08.